The Hall–Kier alpha value is -1.84. The molecular weight excluding hydrogens is 290 g/mol. The van der Waals surface area contributed by atoms with Crippen molar-refractivity contribution in [2.24, 2.45) is 17.8 Å². The fourth-order valence-corrected chi connectivity index (χ4v) is 2.74. The third kappa shape index (κ3) is 5.08. The van der Waals surface area contributed by atoms with Crippen molar-refractivity contribution in [3.05, 3.63) is 35.9 Å². The second-order valence-electron chi connectivity index (χ2n) is 5.75. The number of hydrogen-bond donors (Lipinski definition) is 2. The lowest BCUT2D eigenvalue weighted by Gasteiger charge is -2.30. The highest BCUT2D eigenvalue weighted by Gasteiger charge is 2.30. The Balaban J connectivity index is 2.16. The summed E-state index contributed by atoms with van der Waals surface area (Å²) in [6, 6.07) is 4.24. The molecule has 23 heavy (non-hydrogen) atoms. The Morgan fingerprint density at radius 1 is 1.30 bits per heavy atom. The molecule has 1 atom stereocenters. The number of carbonyl (C=O) groups excluding carboxylic acids is 1. The van der Waals surface area contributed by atoms with E-state index in [0.717, 1.165) is 0 Å². The van der Waals surface area contributed by atoms with Crippen LogP contribution in [0, 0.1) is 17.8 Å². The Labute approximate surface area is 150 Å². The number of carbonyl (C=O) groups is 2. The van der Waals surface area contributed by atoms with Gasteiger partial charge in [-0.3, -0.25) is 4.79 Å². The molecular formula is C19H27NO3. The van der Waals surface area contributed by atoms with E-state index in [1.54, 1.807) is 6.07 Å². The van der Waals surface area contributed by atoms with E-state index in [9.17, 15) is 14.7 Å². The van der Waals surface area contributed by atoms with E-state index in [-0.39, 0.29) is 31.2 Å². The normalized spacial score (nSPS) is 31.4. The number of nitrogens with one attached hydrogen (secondary N) is 1. The molecule has 0 aliphatic heterocycles. The van der Waals surface area contributed by atoms with Crippen molar-refractivity contribution in [3.63, 3.8) is 0 Å². The van der Waals surface area contributed by atoms with Gasteiger partial charge in [-0.2, -0.15) is 0 Å². The van der Waals surface area contributed by atoms with Crippen LogP contribution in [0.4, 0.5) is 0 Å². The zero-order valence-corrected chi connectivity index (χ0v) is 12.7. The second kappa shape index (κ2) is 8.14. The molecule has 4 nitrogen and oxygen atoms in total. The molecule has 1 aliphatic carbocycles. The number of aliphatic carboxylic acids is 1. The average molecular weight is 326 g/mol. The highest BCUT2D eigenvalue weighted by atomic mass is 16.4. The molecule has 2 N–H and O–H groups in total. The summed E-state index contributed by atoms with van der Waals surface area (Å²) in [7, 11) is 0. The number of amides is 1. The topological polar surface area (TPSA) is 66.4 Å². The highest BCUT2D eigenvalue weighted by molar-refractivity contribution is 5.85. The first-order valence-corrected chi connectivity index (χ1v) is 7.62. The van der Waals surface area contributed by atoms with Crippen LogP contribution in [0.3, 0.4) is 0 Å². The first-order chi connectivity index (χ1) is 14.5. The van der Waals surface area contributed by atoms with Gasteiger partial charge in [0.2, 0.25) is 5.91 Å². The first kappa shape index (κ1) is 8.86. The molecule has 1 saturated carbocycles. The van der Waals surface area contributed by atoms with Crippen LogP contribution >= 0.6 is 0 Å². The molecule has 1 unspecified atom stereocenters. The molecule has 1 aromatic carbocycles. The van der Waals surface area contributed by atoms with Crippen molar-refractivity contribution in [1.82, 2.24) is 5.32 Å². The van der Waals surface area contributed by atoms with Gasteiger partial charge in [0.1, 0.15) is 6.02 Å². The molecule has 0 heterocycles. The number of hydrogen-bond acceptors (Lipinski definition) is 2. The lowest BCUT2D eigenvalue weighted by Crippen LogP contribution is -2.45. The maximum absolute atomic E-state index is 12.8. The standard InChI is InChI=1S/C19H27NO3/c1-13(2)15-8-10-16(11-9-15)18(21)20-17(19(22)23)12-14-6-4-3-5-7-14/h3-7,13,15-17H,8-12H2,1-2H3,(H,20,21)(H,22,23)/i1D3,2D3,12D2,17D. The predicted octanol–water partition coefficient (Wildman–Crippen LogP) is 3.26. The molecule has 4 heteroatoms. The quantitative estimate of drug-likeness (QED) is 0.843. The second-order valence-corrected chi connectivity index (χ2v) is 5.75. The maximum atomic E-state index is 12.8. The largest absolute Gasteiger partial charge is 0.480 e. The lowest BCUT2D eigenvalue weighted by atomic mass is 9.76. The number of rotatable bonds is 6. The van der Waals surface area contributed by atoms with Gasteiger partial charge in [0.05, 0.1) is 1.37 Å². The van der Waals surface area contributed by atoms with Crippen LogP contribution in [0.5, 0.6) is 0 Å². The van der Waals surface area contributed by atoms with E-state index in [1.807, 2.05) is 5.32 Å². The third-order valence-corrected chi connectivity index (χ3v) is 4.12. The Morgan fingerprint density at radius 2 is 1.96 bits per heavy atom. The molecule has 0 spiro atoms. The Kier molecular flexibility index (Phi) is 3.13. The zero-order chi connectivity index (χ0) is 24.5. The molecule has 0 radical (unpaired) electrons. The fourth-order valence-electron chi connectivity index (χ4n) is 2.74. The van der Waals surface area contributed by atoms with Crippen molar-refractivity contribution in [2.45, 2.75) is 51.8 Å². The van der Waals surface area contributed by atoms with Crippen molar-refractivity contribution in [2.75, 3.05) is 0 Å². The molecule has 0 bridgehead atoms. The summed E-state index contributed by atoms with van der Waals surface area (Å²) in [6.45, 7) is -5.37. The van der Waals surface area contributed by atoms with Gasteiger partial charge in [-0.1, -0.05) is 44.0 Å². The Morgan fingerprint density at radius 3 is 2.52 bits per heavy atom. The van der Waals surface area contributed by atoms with Gasteiger partial charge >= 0.3 is 5.97 Å². The van der Waals surface area contributed by atoms with E-state index < -0.39 is 55.7 Å². The molecule has 1 amide bonds. The average Bonchev–Trinajstić information content (AvgIpc) is 2.66. The van der Waals surface area contributed by atoms with Gasteiger partial charge in [-0.25, -0.2) is 4.79 Å². The van der Waals surface area contributed by atoms with Crippen molar-refractivity contribution in [1.29, 1.82) is 0 Å². The van der Waals surface area contributed by atoms with Gasteiger partial charge in [0.25, 0.3) is 0 Å². The number of carboxylic acids is 1. The van der Waals surface area contributed by atoms with Gasteiger partial charge < -0.3 is 10.4 Å². The lowest BCUT2D eigenvalue weighted by molar-refractivity contribution is -0.142. The van der Waals surface area contributed by atoms with Crippen molar-refractivity contribution >= 4 is 11.9 Å². The summed E-state index contributed by atoms with van der Waals surface area (Å²) in [4.78, 5) is 24.6. The molecule has 1 aliphatic rings. The molecule has 0 aromatic heterocycles. The van der Waals surface area contributed by atoms with Crippen molar-refractivity contribution in [3.8, 4) is 0 Å². The van der Waals surface area contributed by atoms with Crippen LogP contribution in [-0.4, -0.2) is 23.0 Å². The van der Waals surface area contributed by atoms with E-state index in [0.29, 0.717) is 0 Å². The molecule has 2 rings (SSSR count). The van der Waals surface area contributed by atoms with Crippen molar-refractivity contribution < 1.29 is 27.0 Å². The first-order valence-electron chi connectivity index (χ1n) is 12.1. The van der Waals surface area contributed by atoms with E-state index in [2.05, 4.69) is 0 Å². The number of carboxylic acid groups (broad SMARTS) is 1. The van der Waals surface area contributed by atoms with Crippen LogP contribution in [0.25, 0.3) is 0 Å². The Bertz CT molecular complexity index is 804. The smallest absolute Gasteiger partial charge is 0.326 e. The van der Waals surface area contributed by atoms with Gasteiger partial charge in [-0.05, 0) is 43.1 Å². The summed E-state index contributed by atoms with van der Waals surface area (Å²) >= 11 is 0. The molecule has 0 saturated heterocycles. The SMILES string of the molecule is [2H]C([2H])([2H])C(C1CCC(C(=O)NC([2H])(C(=O)O)C([2H])([2H])c2ccccc2)CC1)C([2H])([2H])[2H]. The molecule has 1 fully saturated rings. The zero-order valence-electron chi connectivity index (χ0n) is 21.7. The summed E-state index contributed by atoms with van der Waals surface area (Å²) < 4.78 is 70.3. The highest BCUT2D eigenvalue weighted by Crippen LogP contribution is 2.33. The third-order valence-electron chi connectivity index (χ3n) is 4.12. The van der Waals surface area contributed by atoms with E-state index in [4.69, 9.17) is 12.3 Å². The van der Waals surface area contributed by atoms with Gasteiger partial charge in [0, 0.05) is 23.3 Å². The molecule has 126 valence electrons. The predicted molar refractivity (Wildman–Crippen MR) is 90.0 cm³/mol. The van der Waals surface area contributed by atoms with E-state index >= 15 is 0 Å². The summed E-state index contributed by atoms with van der Waals surface area (Å²) in [5, 5.41) is 11.6. The fraction of sp³-hybridized carbons (Fsp3) is 0.579. The van der Waals surface area contributed by atoms with Crippen LogP contribution in [0.2, 0.25) is 0 Å². The minimum absolute atomic E-state index is 0.0837. The summed E-state index contributed by atoms with van der Waals surface area (Å²) in [6.07, 6.45) is -2.24. The van der Waals surface area contributed by atoms with Crippen LogP contribution < -0.4 is 5.32 Å². The minimum Gasteiger partial charge on any atom is -0.480 e. The minimum atomic E-state index is -3.00. The van der Waals surface area contributed by atoms with E-state index in [1.165, 1.54) is 24.3 Å². The maximum Gasteiger partial charge on any atom is 0.326 e. The van der Waals surface area contributed by atoms with Crippen LogP contribution in [-0.2, 0) is 16.0 Å². The monoisotopic (exact) mass is 326 g/mol. The van der Waals surface area contributed by atoms with Crippen LogP contribution in [0.1, 0.15) is 57.3 Å². The van der Waals surface area contributed by atoms with Crippen LogP contribution in [0.15, 0.2) is 30.3 Å². The summed E-state index contributed by atoms with van der Waals surface area (Å²) in [5.41, 5.74) is -0.0837. The van der Waals surface area contributed by atoms with Gasteiger partial charge in [0.15, 0.2) is 0 Å². The summed E-state index contributed by atoms with van der Waals surface area (Å²) in [5.74, 6) is -5.66. The van der Waals surface area contributed by atoms with Gasteiger partial charge in [-0.15, -0.1) is 0 Å². The number of benzene rings is 1. The molecule has 1 aromatic rings.